The molecule has 4 amide bonds. The van der Waals surface area contributed by atoms with Crippen molar-refractivity contribution in [3.05, 3.63) is 59.7 Å². The molecule has 698 valence electrons. The lowest BCUT2D eigenvalue weighted by atomic mass is 9.93. The molecule has 0 unspecified atom stereocenters. The van der Waals surface area contributed by atoms with E-state index in [1.54, 1.807) is 31.3 Å². The van der Waals surface area contributed by atoms with Crippen LogP contribution in [0.4, 0.5) is 0 Å². The van der Waals surface area contributed by atoms with Crippen LogP contribution in [0.15, 0.2) is 48.5 Å². The molecule has 34 nitrogen and oxygen atoms in total. The third-order valence-corrected chi connectivity index (χ3v) is 19.4. The van der Waals surface area contributed by atoms with E-state index in [4.69, 9.17) is 57.6 Å². The van der Waals surface area contributed by atoms with Gasteiger partial charge in [0.05, 0.1) is 108 Å². The number of aliphatic carboxylic acids is 3. The molecule has 0 heterocycles. The number of carbonyl (C=O) groups excluding carboxylic acids is 9. The number of nitrogens with one attached hydrogen (secondary N) is 5. The summed E-state index contributed by atoms with van der Waals surface area (Å²) in [5.41, 5.74) is 0.435. The molecule has 10 N–H and O–H groups in total. The van der Waals surface area contributed by atoms with Gasteiger partial charge in [0, 0.05) is 90.6 Å². The Bertz CT molecular complexity index is 3250. The van der Waals surface area contributed by atoms with Crippen LogP contribution >= 0.6 is 0 Å². The summed E-state index contributed by atoms with van der Waals surface area (Å²) in [4.78, 5) is 166. The number of carboxylic acid groups (broad SMARTS) is 5. The van der Waals surface area contributed by atoms with Crippen molar-refractivity contribution >= 4 is 82.4 Å². The summed E-state index contributed by atoms with van der Waals surface area (Å²) in [5.74, 6) is -6.74. The Labute approximate surface area is 725 Å². The van der Waals surface area contributed by atoms with Crippen LogP contribution in [0.2, 0.25) is 0 Å². The Kier molecular flexibility index (Phi) is 70.2. The van der Waals surface area contributed by atoms with Gasteiger partial charge in [0.25, 0.3) is 0 Å². The summed E-state index contributed by atoms with van der Waals surface area (Å²) in [6, 6.07) is 11.3. The van der Waals surface area contributed by atoms with Gasteiger partial charge in [-0.3, -0.25) is 52.7 Å². The number of unbranched alkanes of at least 4 members (excludes halogenated alkanes) is 14. The highest BCUT2D eigenvalue weighted by Crippen LogP contribution is 2.21. The van der Waals surface area contributed by atoms with Crippen molar-refractivity contribution in [2.45, 2.75) is 251 Å². The summed E-state index contributed by atoms with van der Waals surface area (Å²) >= 11 is 0. The lowest BCUT2D eigenvalue weighted by Crippen LogP contribution is -2.41. The van der Waals surface area contributed by atoms with Crippen molar-refractivity contribution in [1.29, 1.82) is 0 Å². The first-order valence-corrected chi connectivity index (χ1v) is 44.0. The molecule has 2 aromatic carbocycles. The van der Waals surface area contributed by atoms with Gasteiger partial charge >= 0.3 is 29.8 Å². The lowest BCUT2D eigenvalue weighted by Gasteiger charge is -2.16. The minimum absolute atomic E-state index is 0.000107. The van der Waals surface area contributed by atoms with E-state index in [2.05, 4.69) is 26.6 Å². The molecule has 0 saturated carbocycles. The van der Waals surface area contributed by atoms with Crippen molar-refractivity contribution in [3.63, 3.8) is 0 Å². The highest BCUT2D eigenvalue weighted by molar-refractivity contribution is 5.89. The van der Waals surface area contributed by atoms with Gasteiger partial charge in [0.1, 0.15) is 61.3 Å². The van der Waals surface area contributed by atoms with E-state index in [9.17, 15) is 82.4 Å². The monoisotopic (exact) mass is 1750 g/mol. The highest BCUT2D eigenvalue weighted by atomic mass is 16.5. The van der Waals surface area contributed by atoms with E-state index in [1.165, 1.54) is 24.3 Å². The zero-order chi connectivity index (χ0) is 90.6. The summed E-state index contributed by atoms with van der Waals surface area (Å²) in [6.45, 7) is 9.12. The van der Waals surface area contributed by atoms with Gasteiger partial charge in [-0.15, -0.1) is 0 Å². The number of hydrogen-bond acceptors (Lipinski definition) is 25. The fourth-order valence-corrected chi connectivity index (χ4v) is 12.3. The molecule has 0 aliphatic heterocycles. The van der Waals surface area contributed by atoms with Crippen molar-refractivity contribution in [1.82, 2.24) is 26.6 Å². The quantitative estimate of drug-likeness (QED) is 0.0275. The summed E-state index contributed by atoms with van der Waals surface area (Å²) in [6.07, 6.45) is 20.8. The molecular weight excluding hydrogens is 1600 g/mol. The standard InChI is InChI=1S/C50H81N3O16.C39H62N2O13/c1-3-15-43(51-2)45(56)27-22-38(48(59)60)16-10-9-11-17-41(55)36-67-34-33-66-31-28-52-47(58)37-68-35-32-65-29-14-18-40(54)23-26-44(50(63)64)53-46(57)19-12-7-5-4-6-8-13-30-69-42-24-20-39(21-25-42)49(61)62;1-2-19-40-37(45)30-53-27-24-50-21-10-12-34(43)29-52-26-25-51-23-20-41-36(44)18-15-32(39(48)49)28-33(42)11-8-6-4-3-5-7-9-22-54-35-16-13-31(14-17-35)38(46)47/h20-21,24-25,38,43-44,51H,3-19,22-23,26-37H2,1-2H3,(H,52,58)(H,53,57)(H,59,60)(H,61,62)(H,63,64);13-14,16-17,32H,2-12,15,18-30H2,1H3,(H,40,45)(H,41,44)(H,46,47)(H,48,49)/t38-,43+,44+;32-/m11/s1. The van der Waals surface area contributed by atoms with Crippen molar-refractivity contribution in [2.75, 3.05) is 146 Å². The summed E-state index contributed by atoms with van der Waals surface area (Å²) < 4.78 is 54.2. The Morgan fingerprint density at radius 2 is 0.699 bits per heavy atom. The number of rotatable bonds is 85. The van der Waals surface area contributed by atoms with E-state index in [0.717, 1.165) is 96.3 Å². The first-order valence-electron chi connectivity index (χ1n) is 44.0. The molecule has 0 radical (unpaired) electrons. The average molecular weight is 1750 g/mol. The van der Waals surface area contributed by atoms with E-state index in [1.807, 2.05) is 13.8 Å². The largest absolute Gasteiger partial charge is 0.494 e. The number of aromatic carboxylic acids is 2. The predicted molar refractivity (Wildman–Crippen MR) is 456 cm³/mol. The van der Waals surface area contributed by atoms with Gasteiger partial charge in [0.2, 0.25) is 23.6 Å². The molecule has 123 heavy (non-hydrogen) atoms. The molecule has 0 fully saturated rings. The van der Waals surface area contributed by atoms with Gasteiger partial charge in [-0.2, -0.15) is 0 Å². The molecular formula is C89H143N5O29. The first-order chi connectivity index (χ1) is 59.4. The molecule has 0 aliphatic rings. The normalized spacial score (nSPS) is 12.0. The number of carboxylic acids is 5. The molecule has 0 aliphatic carbocycles. The van der Waals surface area contributed by atoms with Crippen LogP contribution in [0.3, 0.4) is 0 Å². The summed E-state index contributed by atoms with van der Waals surface area (Å²) in [5, 5.41) is 60.1. The predicted octanol–water partition coefficient (Wildman–Crippen LogP) is 10.1. The van der Waals surface area contributed by atoms with Gasteiger partial charge in [-0.25, -0.2) is 14.4 Å². The number of ether oxygens (including phenoxy) is 10. The van der Waals surface area contributed by atoms with E-state index in [-0.39, 0.29) is 220 Å². The second kappa shape index (κ2) is 76.9. The zero-order valence-electron chi connectivity index (χ0n) is 73.1. The maximum absolute atomic E-state index is 12.4. The Hall–Kier alpha value is -8.74. The highest BCUT2D eigenvalue weighted by Gasteiger charge is 2.25. The topological polar surface area (TPSA) is 493 Å². The van der Waals surface area contributed by atoms with Crippen molar-refractivity contribution in [2.24, 2.45) is 11.8 Å². The number of likely N-dealkylation sites (N-methyl/N-ethyl adjacent to an activating group) is 1. The first kappa shape index (κ1) is 112. The smallest absolute Gasteiger partial charge is 0.335 e. The van der Waals surface area contributed by atoms with Gasteiger partial charge < -0.3 is 99.5 Å². The number of Topliss-reactive ketones (excluding diaryl/α,β-unsaturated/α-hetero) is 5. The van der Waals surface area contributed by atoms with E-state index in [0.29, 0.717) is 128 Å². The van der Waals surface area contributed by atoms with Crippen molar-refractivity contribution < 1.29 is 140 Å². The second-order valence-corrected chi connectivity index (χ2v) is 29.9. The number of ketones is 5. The van der Waals surface area contributed by atoms with E-state index < -0.39 is 47.7 Å². The maximum Gasteiger partial charge on any atom is 0.335 e. The van der Waals surface area contributed by atoms with Crippen LogP contribution in [0.25, 0.3) is 0 Å². The number of carbonyl (C=O) groups is 14. The zero-order valence-corrected chi connectivity index (χ0v) is 73.1. The van der Waals surface area contributed by atoms with Crippen LogP contribution in [0.1, 0.15) is 259 Å². The van der Waals surface area contributed by atoms with Crippen LogP contribution in [0, 0.1) is 11.8 Å². The van der Waals surface area contributed by atoms with Gasteiger partial charge in [-0.1, -0.05) is 97.3 Å². The SMILES string of the molecule is CCCNC(=O)COCCOCCCC(=O)COCCOCCNC(=O)CC[C@H](CC(=O)CCCCCCCCCOc1ccc(C(=O)O)cc1)C(=O)O.CCC[C@H](NC)C(=O)CC[C@@H](CCCCCC(=O)COCCOCCNC(=O)COCCOCCCC(=O)CC[C@H](NC(=O)CCCCCCCCCOc1ccc(C(=O)O)cc1)C(=O)O)C(=O)O. The van der Waals surface area contributed by atoms with Crippen LogP contribution in [-0.2, 0) is 95.4 Å². The summed E-state index contributed by atoms with van der Waals surface area (Å²) in [7, 11) is 1.74. The van der Waals surface area contributed by atoms with Crippen molar-refractivity contribution in [3.8, 4) is 11.5 Å². The van der Waals surface area contributed by atoms with Gasteiger partial charge in [0.15, 0.2) is 11.6 Å². The molecule has 2 aromatic rings. The average Bonchev–Trinajstić information content (AvgIpc) is 0.905. The maximum atomic E-state index is 12.4. The molecule has 34 heteroatoms. The number of hydrogen-bond donors (Lipinski definition) is 10. The fourth-order valence-electron chi connectivity index (χ4n) is 12.3. The Morgan fingerprint density at radius 3 is 1.15 bits per heavy atom. The molecule has 0 spiro atoms. The second-order valence-electron chi connectivity index (χ2n) is 29.9. The minimum Gasteiger partial charge on any atom is -0.494 e. The Morgan fingerprint density at radius 1 is 0.301 bits per heavy atom. The fraction of sp³-hybridized carbons (Fsp3) is 0.708. The number of benzene rings is 2. The van der Waals surface area contributed by atoms with Crippen LogP contribution in [0.5, 0.6) is 11.5 Å². The third-order valence-electron chi connectivity index (χ3n) is 19.4. The lowest BCUT2D eigenvalue weighted by molar-refractivity contribution is -0.144. The minimum atomic E-state index is -1.18. The molecule has 0 aromatic heterocycles. The van der Waals surface area contributed by atoms with Gasteiger partial charge in [-0.05, 0) is 139 Å². The van der Waals surface area contributed by atoms with E-state index >= 15 is 0 Å². The van der Waals surface area contributed by atoms with Crippen LogP contribution in [-0.4, -0.2) is 266 Å². The molecule has 2 rings (SSSR count). The van der Waals surface area contributed by atoms with Crippen LogP contribution < -0.4 is 36.1 Å². The molecule has 4 atom stereocenters. The number of amides is 4. The Balaban J connectivity index is 0.00000127. The molecule has 0 saturated heterocycles. The molecule has 0 bridgehead atoms. The third kappa shape index (κ3) is 66.4.